The van der Waals surface area contributed by atoms with Crippen LogP contribution in [0.4, 0.5) is 0 Å². The minimum Gasteiger partial charge on any atom is -0.345 e. The summed E-state index contributed by atoms with van der Waals surface area (Å²) in [5.41, 5.74) is 2.24. The van der Waals surface area contributed by atoms with Crippen molar-refractivity contribution in [2.45, 2.75) is 0 Å². The van der Waals surface area contributed by atoms with Crippen LogP contribution in [-0.4, -0.2) is 15.0 Å². The maximum atomic E-state index is 6.25. The van der Waals surface area contributed by atoms with Crippen molar-refractivity contribution in [2.75, 3.05) is 0 Å². The van der Waals surface area contributed by atoms with Gasteiger partial charge in [-0.3, -0.25) is 0 Å². The number of aromatic nitrogens is 3. The molecule has 0 bridgehead atoms. The smallest absolute Gasteiger partial charge is 0.139 e. The first kappa shape index (κ1) is 13.4. The molecule has 0 aliphatic heterocycles. The fourth-order valence-corrected chi connectivity index (χ4v) is 2.57. The first-order valence-corrected chi connectivity index (χ1v) is 6.90. The van der Waals surface area contributed by atoms with Gasteiger partial charge in [0, 0.05) is 28.5 Å². The van der Waals surface area contributed by atoms with Crippen LogP contribution in [-0.2, 0) is 0 Å². The topological polar surface area (TPSA) is 41.6 Å². The summed E-state index contributed by atoms with van der Waals surface area (Å²) < 4.78 is 0. The third-order valence-corrected chi connectivity index (χ3v) is 3.56. The van der Waals surface area contributed by atoms with Gasteiger partial charge in [0.15, 0.2) is 0 Å². The molecule has 0 atom stereocenters. The van der Waals surface area contributed by atoms with Crippen LogP contribution < -0.4 is 0 Å². The molecule has 0 saturated carbocycles. The Morgan fingerprint density at radius 3 is 2.45 bits per heavy atom. The molecule has 1 aromatic carbocycles. The molecule has 0 aliphatic rings. The van der Waals surface area contributed by atoms with E-state index in [1.165, 1.54) is 0 Å². The number of H-pyrrole nitrogens is 1. The van der Waals surface area contributed by atoms with Crippen LogP contribution in [0.3, 0.4) is 0 Å². The first-order chi connectivity index (χ1) is 9.65. The Bertz CT molecular complexity index is 754. The number of imidazole rings is 1. The molecule has 2 heterocycles. The van der Waals surface area contributed by atoms with E-state index in [4.69, 9.17) is 34.8 Å². The summed E-state index contributed by atoms with van der Waals surface area (Å²) in [5.74, 6) is 0.704. The highest BCUT2D eigenvalue weighted by Crippen LogP contribution is 2.35. The summed E-state index contributed by atoms with van der Waals surface area (Å²) >= 11 is 18.2. The van der Waals surface area contributed by atoms with Crippen molar-refractivity contribution in [3.8, 4) is 22.6 Å². The second kappa shape index (κ2) is 5.44. The SMILES string of the molecule is Clc1ccc(-c2nc(Cl)ccc2-c2ncc[nH]2)c(Cl)c1. The van der Waals surface area contributed by atoms with Gasteiger partial charge in [0.1, 0.15) is 11.0 Å². The molecule has 0 spiro atoms. The number of halogens is 3. The molecule has 3 aromatic rings. The normalized spacial score (nSPS) is 10.8. The Hall–Kier alpha value is -1.55. The molecule has 100 valence electrons. The zero-order valence-electron chi connectivity index (χ0n) is 10.1. The maximum absolute atomic E-state index is 6.25. The molecule has 0 amide bonds. The van der Waals surface area contributed by atoms with Gasteiger partial charge in [-0.1, -0.05) is 34.8 Å². The predicted molar refractivity (Wildman–Crippen MR) is 82.3 cm³/mol. The summed E-state index contributed by atoms with van der Waals surface area (Å²) in [7, 11) is 0. The number of rotatable bonds is 2. The van der Waals surface area contributed by atoms with Crippen LogP contribution in [0.1, 0.15) is 0 Å². The molecule has 3 nitrogen and oxygen atoms in total. The van der Waals surface area contributed by atoms with Crippen molar-refractivity contribution < 1.29 is 0 Å². The minimum atomic E-state index is 0.390. The number of aromatic amines is 1. The zero-order chi connectivity index (χ0) is 14.1. The van der Waals surface area contributed by atoms with E-state index >= 15 is 0 Å². The molecule has 2 aromatic heterocycles. The lowest BCUT2D eigenvalue weighted by molar-refractivity contribution is 1.26. The van der Waals surface area contributed by atoms with Gasteiger partial charge < -0.3 is 4.98 Å². The standard InChI is InChI=1S/C14H8Cl3N3/c15-8-1-2-9(11(16)7-8)13-10(3-4-12(17)20-13)14-18-5-6-19-14/h1-7H,(H,18,19). The quantitative estimate of drug-likeness (QED) is 0.666. The van der Waals surface area contributed by atoms with Gasteiger partial charge in [0.05, 0.1) is 10.7 Å². The van der Waals surface area contributed by atoms with Gasteiger partial charge >= 0.3 is 0 Å². The van der Waals surface area contributed by atoms with Gasteiger partial charge in [-0.25, -0.2) is 9.97 Å². The molecular formula is C14H8Cl3N3. The van der Waals surface area contributed by atoms with Gasteiger partial charge in [0.2, 0.25) is 0 Å². The summed E-state index contributed by atoms with van der Waals surface area (Å²) in [4.78, 5) is 11.7. The van der Waals surface area contributed by atoms with Gasteiger partial charge in [-0.05, 0) is 30.3 Å². The van der Waals surface area contributed by atoms with E-state index in [2.05, 4.69) is 15.0 Å². The van der Waals surface area contributed by atoms with E-state index in [9.17, 15) is 0 Å². The average molecular weight is 325 g/mol. The van der Waals surface area contributed by atoms with Crippen molar-refractivity contribution in [1.29, 1.82) is 0 Å². The van der Waals surface area contributed by atoms with Crippen molar-refractivity contribution in [3.05, 3.63) is 57.9 Å². The highest BCUT2D eigenvalue weighted by atomic mass is 35.5. The van der Waals surface area contributed by atoms with Gasteiger partial charge in [0.25, 0.3) is 0 Å². The zero-order valence-corrected chi connectivity index (χ0v) is 12.3. The van der Waals surface area contributed by atoms with E-state index < -0.39 is 0 Å². The highest BCUT2D eigenvalue weighted by Gasteiger charge is 2.14. The molecule has 0 fully saturated rings. The largest absolute Gasteiger partial charge is 0.345 e. The lowest BCUT2D eigenvalue weighted by atomic mass is 10.1. The molecule has 6 heteroatoms. The highest BCUT2D eigenvalue weighted by molar-refractivity contribution is 6.36. The molecule has 1 N–H and O–H groups in total. The molecule has 0 aliphatic carbocycles. The average Bonchev–Trinajstić information content (AvgIpc) is 2.92. The lowest BCUT2D eigenvalue weighted by Crippen LogP contribution is -1.92. The van der Waals surface area contributed by atoms with E-state index in [0.717, 1.165) is 11.1 Å². The van der Waals surface area contributed by atoms with E-state index in [1.54, 1.807) is 30.6 Å². The van der Waals surface area contributed by atoms with Crippen LogP contribution in [0.2, 0.25) is 15.2 Å². The molecule has 0 saturated heterocycles. The van der Waals surface area contributed by atoms with Crippen LogP contribution in [0.5, 0.6) is 0 Å². The number of pyridine rings is 1. The third kappa shape index (κ3) is 2.52. The van der Waals surface area contributed by atoms with Crippen LogP contribution in [0.25, 0.3) is 22.6 Å². The predicted octanol–water partition coefficient (Wildman–Crippen LogP) is 5.10. The Morgan fingerprint density at radius 1 is 0.950 bits per heavy atom. The van der Waals surface area contributed by atoms with E-state index in [0.29, 0.717) is 26.7 Å². The third-order valence-electron chi connectivity index (χ3n) is 2.80. The second-order valence-electron chi connectivity index (χ2n) is 4.09. The van der Waals surface area contributed by atoms with Crippen molar-refractivity contribution in [2.24, 2.45) is 0 Å². The summed E-state index contributed by atoms with van der Waals surface area (Å²) in [5, 5.41) is 1.47. The van der Waals surface area contributed by atoms with Gasteiger partial charge in [-0.15, -0.1) is 0 Å². The number of hydrogen-bond donors (Lipinski definition) is 1. The monoisotopic (exact) mass is 323 g/mol. The lowest BCUT2D eigenvalue weighted by Gasteiger charge is -2.09. The maximum Gasteiger partial charge on any atom is 0.139 e. The van der Waals surface area contributed by atoms with Crippen LogP contribution in [0, 0.1) is 0 Å². The summed E-state index contributed by atoms with van der Waals surface area (Å²) in [6.45, 7) is 0. The van der Waals surface area contributed by atoms with E-state index in [1.807, 2.05) is 12.1 Å². The Balaban J connectivity index is 2.24. The molecular weight excluding hydrogens is 317 g/mol. The minimum absolute atomic E-state index is 0.390. The molecule has 20 heavy (non-hydrogen) atoms. The Kier molecular flexibility index (Phi) is 3.66. The fraction of sp³-hybridized carbons (Fsp3) is 0. The van der Waals surface area contributed by atoms with Crippen molar-refractivity contribution in [1.82, 2.24) is 15.0 Å². The molecule has 0 unspecified atom stereocenters. The Morgan fingerprint density at radius 2 is 1.75 bits per heavy atom. The summed E-state index contributed by atoms with van der Waals surface area (Å²) in [6.07, 6.45) is 3.42. The molecule has 0 radical (unpaired) electrons. The van der Waals surface area contributed by atoms with Crippen molar-refractivity contribution in [3.63, 3.8) is 0 Å². The van der Waals surface area contributed by atoms with Gasteiger partial charge in [-0.2, -0.15) is 0 Å². The molecule has 3 rings (SSSR count). The van der Waals surface area contributed by atoms with Crippen LogP contribution in [0.15, 0.2) is 42.7 Å². The number of hydrogen-bond acceptors (Lipinski definition) is 2. The first-order valence-electron chi connectivity index (χ1n) is 5.77. The number of nitrogens with zero attached hydrogens (tertiary/aromatic N) is 2. The van der Waals surface area contributed by atoms with E-state index in [-0.39, 0.29) is 0 Å². The fourth-order valence-electron chi connectivity index (χ4n) is 1.93. The number of benzene rings is 1. The van der Waals surface area contributed by atoms with Crippen LogP contribution >= 0.6 is 34.8 Å². The van der Waals surface area contributed by atoms with Crippen molar-refractivity contribution >= 4 is 34.8 Å². The summed E-state index contributed by atoms with van der Waals surface area (Å²) in [6, 6.07) is 8.82. The second-order valence-corrected chi connectivity index (χ2v) is 5.32. The number of nitrogens with one attached hydrogen (secondary N) is 1. The Labute approximate surface area is 130 Å².